The fraction of sp³-hybridized carbons (Fsp3) is 0.400. The molecule has 0 amide bonds. The number of thioether (sulfide) groups is 1. The van der Waals surface area contributed by atoms with E-state index in [1.165, 1.54) is 29.7 Å². The maximum absolute atomic E-state index is 4.69. The summed E-state index contributed by atoms with van der Waals surface area (Å²) in [5.41, 5.74) is 2.24. The molecule has 3 heteroatoms. The van der Waals surface area contributed by atoms with Crippen molar-refractivity contribution in [3.8, 4) is 0 Å². The van der Waals surface area contributed by atoms with Gasteiger partial charge >= 0.3 is 0 Å². The molecule has 1 aliphatic heterocycles. The smallest absolute Gasteiger partial charge is 0.0705 e. The summed E-state index contributed by atoms with van der Waals surface area (Å²) in [5.74, 6) is 2.59. The van der Waals surface area contributed by atoms with Crippen molar-refractivity contribution >= 4 is 22.7 Å². The van der Waals surface area contributed by atoms with Crippen molar-refractivity contribution in [2.45, 2.75) is 25.4 Å². The highest BCUT2D eigenvalue weighted by Gasteiger charge is 2.12. The molecule has 2 aromatic rings. The Morgan fingerprint density at radius 3 is 2.83 bits per heavy atom. The lowest BCUT2D eigenvalue weighted by Gasteiger charge is -2.22. The van der Waals surface area contributed by atoms with E-state index in [4.69, 9.17) is 4.98 Å². The van der Waals surface area contributed by atoms with E-state index in [0.717, 1.165) is 17.8 Å². The van der Waals surface area contributed by atoms with E-state index in [1.54, 1.807) is 0 Å². The SMILES string of the molecule is c1ccc2nc(CNC3CCSCC3)ccc2c1. The summed E-state index contributed by atoms with van der Waals surface area (Å²) in [5, 5.41) is 4.84. The van der Waals surface area contributed by atoms with E-state index in [-0.39, 0.29) is 0 Å². The molecule has 0 atom stereocenters. The van der Waals surface area contributed by atoms with E-state index in [0.29, 0.717) is 6.04 Å². The van der Waals surface area contributed by atoms with Gasteiger partial charge in [0.1, 0.15) is 0 Å². The molecule has 1 aromatic carbocycles. The minimum Gasteiger partial charge on any atom is -0.308 e. The first-order valence-electron chi connectivity index (χ1n) is 6.57. The topological polar surface area (TPSA) is 24.9 Å². The van der Waals surface area contributed by atoms with Crippen LogP contribution in [0.5, 0.6) is 0 Å². The average molecular weight is 258 g/mol. The van der Waals surface area contributed by atoms with Crippen LogP contribution in [0.3, 0.4) is 0 Å². The van der Waals surface area contributed by atoms with Crippen molar-refractivity contribution < 1.29 is 0 Å². The number of rotatable bonds is 3. The zero-order valence-electron chi connectivity index (χ0n) is 10.4. The molecular formula is C15H18N2S. The Balaban J connectivity index is 1.66. The third-order valence-electron chi connectivity index (χ3n) is 3.45. The second kappa shape index (κ2) is 5.72. The van der Waals surface area contributed by atoms with Gasteiger partial charge in [-0.05, 0) is 36.5 Å². The Hall–Kier alpha value is -1.06. The number of para-hydroxylation sites is 1. The molecule has 1 saturated heterocycles. The van der Waals surface area contributed by atoms with Gasteiger partial charge in [-0.15, -0.1) is 0 Å². The minimum absolute atomic E-state index is 0.680. The average Bonchev–Trinajstić information content (AvgIpc) is 2.46. The molecule has 1 N–H and O–H groups in total. The third-order valence-corrected chi connectivity index (χ3v) is 4.50. The Kier molecular flexibility index (Phi) is 3.81. The number of fused-ring (bicyclic) bond motifs is 1. The van der Waals surface area contributed by atoms with Crippen LogP contribution < -0.4 is 5.32 Å². The molecule has 0 radical (unpaired) electrons. The van der Waals surface area contributed by atoms with Gasteiger partial charge in [0.05, 0.1) is 11.2 Å². The molecule has 0 aliphatic carbocycles. The Morgan fingerprint density at radius 2 is 1.94 bits per heavy atom. The predicted octanol–water partition coefficient (Wildman–Crippen LogP) is 3.22. The molecule has 0 unspecified atom stereocenters. The fourth-order valence-electron chi connectivity index (χ4n) is 2.36. The second-order valence-electron chi connectivity index (χ2n) is 4.76. The summed E-state index contributed by atoms with van der Waals surface area (Å²) < 4.78 is 0. The highest BCUT2D eigenvalue weighted by Crippen LogP contribution is 2.17. The molecule has 2 nitrogen and oxygen atoms in total. The maximum Gasteiger partial charge on any atom is 0.0705 e. The predicted molar refractivity (Wildman–Crippen MR) is 78.9 cm³/mol. The first-order chi connectivity index (χ1) is 8.92. The van der Waals surface area contributed by atoms with Gasteiger partial charge in [0, 0.05) is 18.0 Å². The molecular weight excluding hydrogens is 240 g/mol. The zero-order chi connectivity index (χ0) is 12.2. The van der Waals surface area contributed by atoms with Crippen molar-refractivity contribution in [3.05, 3.63) is 42.1 Å². The van der Waals surface area contributed by atoms with Gasteiger partial charge in [0.15, 0.2) is 0 Å². The van der Waals surface area contributed by atoms with E-state index in [1.807, 2.05) is 6.07 Å². The monoisotopic (exact) mass is 258 g/mol. The lowest BCUT2D eigenvalue weighted by Crippen LogP contribution is -2.32. The van der Waals surface area contributed by atoms with Crippen LogP contribution in [0.4, 0.5) is 0 Å². The molecule has 94 valence electrons. The van der Waals surface area contributed by atoms with Gasteiger partial charge in [-0.3, -0.25) is 4.98 Å². The maximum atomic E-state index is 4.69. The third kappa shape index (κ3) is 2.85. The van der Waals surface area contributed by atoms with Crippen molar-refractivity contribution in [1.82, 2.24) is 10.3 Å². The number of pyridine rings is 1. The lowest BCUT2D eigenvalue weighted by atomic mass is 10.1. The van der Waals surface area contributed by atoms with Gasteiger partial charge < -0.3 is 5.32 Å². The van der Waals surface area contributed by atoms with E-state index < -0.39 is 0 Å². The summed E-state index contributed by atoms with van der Waals surface area (Å²) in [6, 6.07) is 13.3. The van der Waals surface area contributed by atoms with Crippen molar-refractivity contribution in [3.63, 3.8) is 0 Å². The fourth-order valence-corrected chi connectivity index (χ4v) is 3.46. The van der Waals surface area contributed by atoms with Crippen LogP contribution in [-0.4, -0.2) is 22.5 Å². The summed E-state index contributed by atoms with van der Waals surface area (Å²) in [4.78, 5) is 4.69. The second-order valence-corrected chi connectivity index (χ2v) is 5.99. The van der Waals surface area contributed by atoms with Crippen LogP contribution in [0, 0.1) is 0 Å². The normalized spacial score (nSPS) is 17.1. The number of nitrogens with one attached hydrogen (secondary N) is 1. The Labute approximate surface area is 112 Å². The van der Waals surface area contributed by atoms with Gasteiger partial charge in [-0.2, -0.15) is 11.8 Å². The van der Waals surface area contributed by atoms with Gasteiger partial charge in [0.2, 0.25) is 0 Å². The quantitative estimate of drug-likeness (QED) is 0.915. The number of hydrogen-bond acceptors (Lipinski definition) is 3. The van der Waals surface area contributed by atoms with Crippen LogP contribution in [0.1, 0.15) is 18.5 Å². The molecule has 2 heterocycles. The number of hydrogen-bond donors (Lipinski definition) is 1. The van der Waals surface area contributed by atoms with E-state index in [9.17, 15) is 0 Å². The van der Waals surface area contributed by atoms with Gasteiger partial charge in [0.25, 0.3) is 0 Å². The zero-order valence-corrected chi connectivity index (χ0v) is 11.2. The minimum atomic E-state index is 0.680. The van der Waals surface area contributed by atoms with E-state index >= 15 is 0 Å². The van der Waals surface area contributed by atoms with Crippen molar-refractivity contribution in [2.75, 3.05) is 11.5 Å². The highest BCUT2D eigenvalue weighted by molar-refractivity contribution is 7.99. The summed E-state index contributed by atoms with van der Waals surface area (Å²) in [6.45, 7) is 0.889. The first-order valence-corrected chi connectivity index (χ1v) is 7.73. The van der Waals surface area contributed by atoms with Crippen LogP contribution >= 0.6 is 11.8 Å². The molecule has 0 saturated carbocycles. The summed E-state index contributed by atoms with van der Waals surface area (Å²) in [7, 11) is 0. The van der Waals surface area contributed by atoms with Gasteiger partial charge in [-0.1, -0.05) is 24.3 Å². The molecule has 1 aliphatic rings. The molecule has 0 bridgehead atoms. The lowest BCUT2D eigenvalue weighted by molar-refractivity contribution is 0.479. The van der Waals surface area contributed by atoms with Gasteiger partial charge in [-0.25, -0.2) is 0 Å². The van der Waals surface area contributed by atoms with Crippen LogP contribution in [0.2, 0.25) is 0 Å². The van der Waals surface area contributed by atoms with Crippen LogP contribution in [-0.2, 0) is 6.54 Å². The largest absolute Gasteiger partial charge is 0.308 e. The highest BCUT2D eigenvalue weighted by atomic mass is 32.2. The number of nitrogens with zero attached hydrogens (tertiary/aromatic N) is 1. The Morgan fingerprint density at radius 1 is 1.11 bits per heavy atom. The van der Waals surface area contributed by atoms with Crippen molar-refractivity contribution in [1.29, 1.82) is 0 Å². The molecule has 3 rings (SSSR count). The molecule has 0 spiro atoms. The van der Waals surface area contributed by atoms with Crippen molar-refractivity contribution in [2.24, 2.45) is 0 Å². The molecule has 18 heavy (non-hydrogen) atoms. The molecule has 1 fully saturated rings. The first kappa shape index (κ1) is 12.0. The van der Waals surface area contributed by atoms with Crippen LogP contribution in [0.15, 0.2) is 36.4 Å². The van der Waals surface area contributed by atoms with Crippen LogP contribution in [0.25, 0.3) is 10.9 Å². The number of benzene rings is 1. The summed E-state index contributed by atoms with van der Waals surface area (Å²) >= 11 is 2.07. The molecule has 1 aromatic heterocycles. The standard InChI is InChI=1S/C15H18N2S/c1-2-4-15-12(3-1)5-6-14(17-15)11-16-13-7-9-18-10-8-13/h1-6,13,16H,7-11H2. The summed E-state index contributed by atoms with van der Waals surface area (Å²) in [6.07, 6.45) is 2.58. The number of aromatic nitrogens is 1. The Bertz CT molecular complexity index is 521. The van der Waals surface area contributed by atoms with E-state index in [2.05, 4.69) is 47.4 Å².